The van der Waals surface area contributed by atoms with Crippen LogP contribution in [0.1, 0.15) is 11.1 Å². The van der Waals surface area contributed by atoms with E-state index in [0.717, 1.165) is 16.8 Å². The Morgan fingerprint density at radius 1 is 1.25 bits per heavy atom. The van der Waals surface area contributed by atoms with Crippen LogP contribution < -0.4 is 5.32 Å². The van der Waals surface area contributed by atoms with E-state index in [1.807, 2.05) is 32.0 Å². The number of anilines is 1. The highest BCUT2D eigenvalue weighted by Gasteiger charge is 2.07. The Bertz CT molecular complexity index is 343. The topological polar surface area (TPSA) is 47.6 Å². The zero-order chi connectivity index (χ0) is 12.0. The van der Waals surface area contributed by atoms with Crippen molar-refractivity contribution in [2.75, 3.05) is 25.6 Å². The molecule has 1 amide bonds. The van der Waals surface area contributed by atoms with Crippen LogP contribution in [-0.2, 0) is 9.47 Å². The van der Waals surface area contributed by atoms with Crippen LogP contribution in [0, 0.1) is 13.8 Å². The highest BCUT2D eigenvalue weighted by atomic mass is 16.6. The third-order valence-electron chi connectivity index (χ3n) is 2.23. The first-order valence-electron chi connectivity index (χ1n) is 5.14. The molecule has 0 bridgehead atoms. The van der Waals surface area contributed by atoms with E-state index in [1.54, 1.807) is 7.11 Å². The lowest BCUT2D eigenvalue weighted by atomic mass is 10.1. The van der Waals surface area contributed by atoms with Gasteiger partial charge in [0.1, 0.15) is 6.61 Å². The molecule has 0 heterocycles. The molecule has 0 atom stereocenters. The maximum Gasteiger partial charge on any atom is 0.411 e. The van der Waals surface area contributed by atoms with Gasteiger partial charge in [-0.05, 0) is 25.0 Å². The average Bonchev–Trinajstić information content (AvgIpc) is 2.24. The maximum absolute atomic E-state index is 11.4. The molecule has 1 rings (SSSR count). The smallest absolute Gasteiger partial charge is 0.411 e. The number of benzene rings is 1. The Labute approximate surface area is 95.6 Å². The number of carbonyl (C=O) groups excluding carboxylic acids is 1. The van der Waals surface area contributed by atoms with Crippen LogP contribution in [-0.4, -0.2) is 26.4 Å². The van der Waals surface area contributed by atoms with Crippen molar-refractivity contribution in [1.29, 1.82) is 0 Å². The van der Waals surface area contributed by atoms with E-state index in [-0.39, 0.29) is 6.61 Å². The molecule has 4 heteroatoms. The summed E-state index contributed by atoms with van der Waals surface area (Å²) < 4.78 is 9.71. The van der Waals surface area contributed by atoms with Crippen LogP contribution >= 0.6 is 0 Å². The Balaban J connectivity index is 2.56. The van der Waals surface area contributed by atoms with Gasteiger partial charge in [-0.3, -0.25) is 5.32 Å². The quantitative estimate of drug-likeness (QED) is 0.798. The fraction of sp³-hybridized carbons (Fsp3) is 0.417. The predicted octanol–water partition coefficient (Wildman–Crippen LogP) is 2.50. The van der Waals surface area contributed by atoms with E-state index < -0.39 is 6.09 Å². The molecular formula is C12H17NO3. The normalized spacial score (nSPS) is 9.94. The van der Waals surface area contributed by atoms with Crippen molar-refractivity contribution in [3.8, 4) is 0 Å². The third kappa shape index (κ3) is 3.55. The van der Waals surface area contributed by atoms with E-state index in [1.165, 1.54) is 0 Å². The second-order valence-corrected chi connectivity index (χ2v) is 3.52. The van der Waals surface area contributed by atoms with Crippen molar-refractivity contribution in [3.63, 3.8) is 0 Å². The van der Waals surface area contributed by atoms with E-state index in [2.05, 4.69) is 5.32 Å². The van der Waals surface area contributed by atoms with Gasteiger partial charge in [0.25, 0.3) is 0 Å². The molecule has 0 fully saturated rings. The monoisotopic (exact) mass is 223 g/mol. The van der Waals surface area contributed by atoms with Crippen molar-refractivity contribution in [1.82, 2.24) is 0 Å². The van der Waals surface area contributed by atoms with E-state index in [9.17, 15) is 4.79 Å². The first-order chi connectivity index (χ1) is 7.65. The minimum Gasteiger partial charge on any atom is -0.447 e. The second kappa shape index (κ2) is 6.12. The van der Waals surface area contributed by atoms with Gasteiger partial charge in [0.05, 0.1) is 6.61 Å². The molecule has 1 N–H and O–H groups in total. The summed E-state index contributed by atoms with van der Waals surface area (Å²) in [6.45, 7) is 4.54. The lowest BCUT2D eigenvalue weighted by Gasteiger charge is -2.11. The van der Waals surface area contributed by atoms with Crippen molar-refractivity contribution < 1.29 is 14.3 Å². The number of carbonyl (C=O) groups is 1. The summed E-state index contributed by atoms with van der Waals surface area (Å²) in [7, 11) is 1.56. The summed E-state index contributed by atoms with van der Waals surface area (Å²) >= 11 is 0. The Kier molecular flexibility index (Phi) is 4.79. The fourth-order valence-electron chi connectivity index (χ4n) is 1.37. The lowest BCUT2D eigenvalue weighted by Crippen LogP contribution is -2.17. The molecule has 0 unspecified atom stereocenters. The molecule has 0 aromatic heterocycles. The SMILES string of the molecule is COCCOC(=O)Nc1c(C)cccc1C. The number of para-hydroxylation sites is 1. The predicted molar refractivity (Wildman–Crippen MR) is 62.8 cm³/mol. The molecule has 1 aromatic rings. The van der Waals surface area contributed by atoms with Crippen LogP contribution in [0.5, 0.6) is 0 Å². The molecule has 0 aliphatic rings. The zero-order valence-corrected chi connectivity index (χ0v) is 9.87. The summed E-state index contributed by atoms with van der Waals surface area (Å²) in [5.41, 5.74) is 2.84. The summed E-state index contributed by atoms with van der Waals surface area (Å²) in [5, 5.41) is 2.72. The number of amides is 1. The Hall–Kier alpha value is -1.55. The molecule has 0 saturated heterocycles. The van der Waals surface area contributed by atoms with Crippen molar-refractivity contribution >= 4 is 11.8 Å². The molecule has 0 radical (unpaired) electrons. The van der Waals surface area contributed by atoms with Gasteiger partial charge in [-0.15, -0.1) is 0 Å². The van der Waals surface area contributed by atoms with Gasteiger partial charge >= 0.3 is 6.09 Å². The largest absolute Gasteiger partial charge is 0.447 e. The highest BCUT2D eigenvalue weighted by Crippen LogP contribution is 2.19. The molecule has 1 aromatic carbocycles. The highest BCUT2D eigenvalue weighted by molar-refractivity contribution is 5.86. The number of rotatable bonds is 4. The number of aryl methyl sites for hydroxylation is 2. The molecule has 0 spiro atoms. The second-order valence-electron chi connectivity index (χ2n) is 3.52. The number of ether oxygens (including phenoxy) is 2. The lowest BCUT2D eigenvalue weighted by molar-refractivity contribution is 0.107. The van der Waals surface area contributed by atoms with Crippen molar-refractivity contribution in [2.45, 2.75) is 13.8 Å². The standard InChI is InChI=1S/C12H17NO3/c1-9-5-4-6-10(2)11(9)13-12(14)16-8-7-15-3/h4-6H,7-8H2,1-3H3,(H,13,14). The molecule has 88 valence electrons. The van der Waals surface area contributed by atoms with Crippen molar-refractivity contribution in [2.24, 2.45) is 0 Å². The van der Waals surface area contributed by atoms with Crippen LogP contribution in [0.3, 0.4) is 0 Å². The number of hydrogen-bond donors (Lipinski definition) is 1. The van der Waals surface area contributed by atoms with Crippen LogP contribution in [0.4, 0.5) is 10.5 Å². The van der Waals surface area contributed by atoms with Crippen LogP contribution in [0.15, 0.2) is 18.2 Å². The number of methoxy groups -OCH3 is 1. The summed E-state index contributed by atoms with van der Waals surface area (Å²) in [6.07, 6.45) is -0.450. The van der Waals surface area contributed by atoms with E-state index in [4.69, 9.17) is 9.47 Å². The van der Waals surface area contributed by atoms with Gasteiger partial charge in [-0.1, -0.05) is 18.2 Å². The molecule has 4 nitrogen and oxygen atoms in total. The zero-order valence-electron chi connectivity index (χ0n) is 9.87. The summed E-state index contributed by atoms with van der Waals surface area (Å²) in [6, 6.07) is 5.83. The summed E-state index contributed by atoms with van der Waals surface area (Å²) in [5.74, 6) is 0. The number of nitrogens with one attached hydrogen (secondary N) is 1. The first-order valence-corrected chi connectivity index (χ1v) is 5.14. The minimum absolute atomic E-state index is 0.257. The van der Waals surface area contributed by atoms with E-state index in [0.29, 0.717) is 6.61 Å². The van der Waals surface area contributed by atoms with Gasteiger partial charge in [0.15, 0.2) is 0 Å². The Morgan fingerprint density at radius 2 is 1.88 bits per heavy atom. The van der Waals surface area contributed by atoms with Gasteiger partial charge < -0.3 is 9.47 Å². The number of hydrogen-bond acceptors (Lipinski definition) is 3. The average molecular weight is 223 g/mol. The van der Waals surface area contributed by atoms with Crippen molar-refractivity contribution in [3.05, 3.63) is 29.3 Å². The molecule has 16 heavy (non-hydrogen) atoms. The fourth-order valence-corrected chi connectivity index (χ4v) is 1.37. The van der Waals surface area contributed by atoms with Crippen LogP contribution in [0.2, 0.25) is 0 Å². The first kappa shape index (κ1) is 12.5. The maximum atomic E-state index is 11.4. The van der Waals surface area contributed by atoms with Gasteiger partial charge in [0.2, 0.25) is 0 Å². The van der Waals surface area contributed by atoms with Gasteiger partial charge in [-0.2, -0.15) is 0 Å². The van der Waals surface area contributed by atoms with E-state index >= 15 is 0 Å². The molecular weight excluding hydrogens is 206 g/mol. The Morgan fingerprint density at radius 3 is 2.44 bits per heavy atom. The molecule has 0 aliphatic heterocycles. The molecule has 0 aliphatic carbocycles. The van der Waals surface area contributed by atoms with Gasteiger partial charge in [0, 0.05) is 12.8 Å². The van der Waals surface area contributed by atoms with Gasteiger partial charge in [-0.25, -0.2) is 4.79 Å². The van der Waals surface area contributed by atoms with Crippen LogP contribution in [0.25, 0.3) is 0 Å². The third-order valence-corrected chi connectivity index (χ3v) is 2.23. The molecule has 0 saturated carbocycles. The minimum atomic E-state index is -0.450. The summed E-state index contributed by atoms with van der Waals surface area (Å²) in [4.78, 5) is 11.4.